The Labute approximate surface area is 87.1 Å². The average Bonchev–Trinajstić information content (AvgIpc) is 2.66. The van der Waals surface area contributed by atoms with Crippen LogP contribution in [0.2, 0.25) is 0 Å². The van der Waals surface area contributed by atoms with Gasteiger partial charge in [-0.05, 0) is 33.6 Å². The molecule has 1 aromatic heterocycles. The van der Waals surface area contributed by atoms with Crippen molar-refractivity contribution < 1.29 is 8.78 Å². The van der Waals surface area contributed by atoms with Crippen LogP contribution in [0.1, 0.15) is 0 Å². The molecule has 0 amide bonds. The summed E-state index contributed by atoms with van der Waals surface area (Å²) >= 11 is 2.80. The van der Waals surface area contributed by atoms with Crippen molar-refractivity contribution in [3.63, 3.8) is 0 Å². The summed E-state index contributed by atoms with van der Waals surface area (Å²) in [6.45, 7) is 0. The molecule has 2 aromatic rings. The van der Waals surface area contributed by atoms with Crippen LogP contribution >= 0.6 is 15.9 Å². The van der Waals surface area contributed by atoms with E-state index in [4.69, 9.17) is 0 Å². The van der Waals surface area contributed by atoms with Crippen LogP contribution in [-0.4, -0.2) is 10.2 Å². The molecule has 1 aromatic carbocycles. The topological polar surface area (TPSA) is 28.7 Å². The highest BCUT2D eigenvalue weighted by Crippen LogP contribution is 2.26. The minimum absolute atomic E-state index is 0.148. The van der Waals surface area contributed by atoms with Crippen molar-refractivity contribution in [2.45, 2.75) is 0 Å². The zero-order chi connectivity index (χ0) is 10.1. The molecule has 0 aliphatic rings. The third-order valence-corrected chi connectivity index (χ3v) is 2.57. The van der Waals surface area contributed by atoms with E-state index in [1.165, 1.54) is 18.3 Å². The third kappa shape index (κ3) is 1.55. The number of H-pyrrole nitrogens is 1. The Morgan fingerprint density at radius 2 is 1.79 bits per heavy atom. The first-order valence-corrected chi connectivity index (χ1v) is 4.61. The summed E-state index contributed by atoms with van der Waals surface area (Å²) in [5.41, 5.74) is 1.10. The average molecular weight is 259 g/mol. The number of nitrogens with zero attached hydrogens (tertiary/aromatic N) is 1. The van der Waals surface area contributed by atoms with Crippen molar-refractivity contribution in [2.75, 3.05) is 0 Å². The maximum absolute atomic E-state index is 13.1. The molecule has 0 fully saturated rings. The molecule has 0 aliphatic heterocycles. The summed E-state index contributed by atoms with van der Waals surface area (Å²) in [6, 6.07) is 2.50. The molecule has 1 N–H and O–H groups in total. The van der Waals surface area contributed by atoms with E-state index in [1.54, 1.807) is 6.20 Å². The first-order valence-electron chi connectivity index (χ1n) is 3.82. The van der Waals surface area contributed by atoms with Crippen molar-refractivity contribution in [3.8, 4) is 11.1 Å². The summed E-state index contributed by atoms with van der Waals surface area (Å²) in [4.78, 5) is 0. The lowest BCUT2D eigenvalue weighted by Gasteiger charge is -2.00. The largest absolute Gasteiger partial charge is 0.285 e. The Hall–Kier alpha value is -1.23. The first-order chi connectivity index (χ1) is 6.68. The second-order valence-electron chi connectivity index (χ2n) is 2.74. The van der Waals surface area contributed by atoms with Crippen LogP contribution in [0.25, 0.3) is 11.1 Å². The van der Waals surface area contributed by atoms with Crippen molar-refractivity contribution >= 4 is 15.9 Å². The van der Waals surface area contributed by atoms with E-state index in [1.807, 2.05) is 0 Å². The van der Waals surface area contributed by atoms with Gasteiger partial charge in [-0.2, -0.15) is 5.10 Å². The van der Waals surface area contributed by atoms with Crippen LogP contribution in [0.5, 0.6) is 0 Å². The molecule has 14 heavy (non-hydrogen) atoms. The summed E-state index contributed by atoms with van der Waals surface area (Å²) in [7, 11) is 0. The first kappa shape index (κ1) is 9.33. The lowest BCUT2D eigenvalue weighted by molar-refractivity contribution is 0.573. The van der Waals surface area contributed by atoms with E-state index in [2.05, 4.69) is 26.1 Å². The van der Waals surface area contributed by atoms with Gasteiger partial charge in [-0.3, -0.25) is 5.10 Å². The van der Waals surface area contributed by atoms with Gasteiger partial charge in [0.25, 0.3) is 0 Å². The van der Waals surface area contributed by atoms with E-state index >= 15 is 0 Å². The van der Waals surface area contributed by atoms with Gasteiger partial charge in [-0.15, -0.1) is 0 Å². The Morgan fingerprint density at radius 1 is 1.14 bits per heavy atom. The van der Waals surface area contributed by atoms with Gasteiger partial charge in [0.15, 0.2) is 0 Å². The van der Waals surface area contributed by atoms with Crippen molar-refractivity contribution in [3.05, 3.63) is 40.6 Å². The van der Waals surface area contributed by atoms with Crippen molar-refractivity contribution in [1.29, 1.82) is 0 Å². The lowest BCUT2D eigenvalue weighted by atomic mass is 10.1. The molecule has 0 saturated heterocycles. The second kappa shape index (κ2) is 3.49. The number of halogens is 3. The highest BCUT2D eigenvalue weighted by Gasteiger charge is 2.09. The Balaban J connectivity index is 2.57. The van der Waals surface area contributed by atoms with Gasteiger partial charge in [-0.25, -0.2) is 8.78 Å². The standard InChI is InChI=1S/C9H5BrF2N2/c10-9-7(11)1-5(2-8(9)12)6-3-13-14-4-6/h1-4H,(H,13,14). The molecule has 0 spiro atoms. The van der Waals surface area contributed by atoms with E-state index in [0.29, 0.717) is 11.1 Å². The Morgan fingerprint density at radius 3 is 2.29 bits per heavy atom. The number of hydrogen-bond donors (Lipinski definition) is 1. The zero-order valence-electron chi connectivity index (χ0n) is 6.89. The number of aromatic amines is 1. The molecular weight excluding hydrogens is 254 g/mol. The monoisotopic (exact) mass is 258 g/mol. The van der Waals surface area contributed by atoms with Crippen molar-refractivity contribution in [2.24, 2.45) is 0 Å². The minimum Gasteiger partial charge on any atom is -0.285 e. The van der Waals surface area contributed by atoms with Crippen LogP contribution in [-0.2, 0) is 0 Å². The maximum Gasteiger partial charge on any atom is 0.140 e. The number of nitrogens with one attached hydrogen (secondary N) is 1. The molecule has 0 radical (unpaired) electrons. The minimum atomic E-state index is -0.624. The second-order valence-corrected chi connectivity index (χ2v) is 3.53. The van der Waals surface area contributed by atoms with Gasteiger partial charge in [0, 0.05) is 11.8 Å². The molecule has 0 atom stereocenters. The van der Waals surface area contributed by atoms with Gasteiger partial charge in [0.2, 0.25) is 0 Å². The van der Waals surface area contributed by atoms with Crippen LogP contribution in [0.4, 0.5) is 8.78 Å². The lowest BCUT2D eigenvalue weighted by Crippen LogP contribution is -1.86. The number of benzene rings is 1. The van der Waals surface area contributed by atoms with Crippen LogP contribution in [0.15, 0.2) is 29.0 Å². The van der Waals surface area contributed by atoms with Crippen LogP contribution in [0, 0.1) is 11.6 Å². The Kier molecular flexibility index (Phi) is 2.33. The molecule has 2 nitrogen and oxygen atoms in total. The fraction of sp³-hybridized carbons (Fsp3) is 0. The molecule has 0 bridgehead atoms. The normalized spacial score (nSPS) is 10.5. The molecule has 2 rings (SSSR count). The third-order valence-electron chi connectivity index (χ3n) is 1.82. The van der Waals surface area contributed by atoms with Gasteiger partial charge < -0.3 is 0 Å². The summed E-state index contributed by atoms with van der Waals surface area (Å²) in [6.07, 6.45) is 3.07. The van der Waals surface area contributed by atoms with Crippen LogP contribution < -0.4 is 0 Å². The summed E-state index contributed by atoms with van der Waals surface area (Å²) in [5, 5.41) is 6.27. The van der Waals surface area contributed by atoms with E-state index in [9.17, 15) is 8.78 Å². The highest BCUT2D eigenvalue weighted by atomic mass is 79.9. The Bertz CT molecular complexity index is 431. The molecule has 0 unspecified atom stereocenters. The van der Waals surface area contributed by atoms with Crippen molar-refractivity contribution in [1.82, 2.24) is 10.2 Å². The molecule has 0 saturated carbocycles. The van der Waals surface area contributed by atoms with Gasteiger partial charge in [-0.1, -0.05) is 0 Å². The fourth-order valence-electron chi connectivity index (χ4n) is 1.13. The SMILES string of the molecule is Fc1cc(-c2cn[nH]c2)cc(F)c1Br. The number of aromatic nitrogens is 2. The predicted molar refractivity (Wildman–Crippen MR) is 51.6 cm³/mol. The van der Waals surface area contributed by atoms with Crippen LogP contribution in [0.3, 0.4) is 0 Å². The number of hydrogen-bond acceptors (Lipinski definition) is 1. The number of rotatable bonds is 1. The molecule has 0 aliphatic carbocycles. The highest BCUT2D eigenvalue weighted by molar-refractivity contribution is 9.10. The molecular formula is C9H5BrF2N2. The maximum atomic E-state index is 13.1. The van der Waals surface area contributed by atoms with E-state index in [0.717, 1.165) is 0 Å². The van der Waals surface area contributed by atoms with Gasteiger partial charge in [0.05, 0.1) is 10.7 Å². The quantitative estimate of drug-likeness (QED) is 0.783. The fourth-order valence-corrected chi connectivity index (χ4v) is 1.36. The molecule has 1 heterocycles. The van der Waals surface area contributed by atoms with E-state index in [-0.39, 0.29) is 4.47 Å². The summed E-state index contributed by atoms with van der Waals surface area (Å²) in [5.74, 6) is -1.25. The van der Waals surface area contributed by atoms with Gasteiger partial charge in [0.1, 0.15) is 11.6 Å². The predicted octanol–water partition coefficient (Wildman–Crippen LogP) is 3.12. The van der Waals surface area contributed by atoms with Gasteiger partial charge >= 0.3 is 0 Å². The smallest absolute Gasteiger partial charge is 0.140 e. The molecule has 72 valence electrons. The zero-order valence-corrected chi connectivity index (χ0v) is 8.48. The van der Waals surface area contributed by atoms with E-state index < -0.39 is 11.6 Å². The molecule has 5 heteroatoms. The summed E-state index contributed by atoms with van der Waals surface area (Å²) < 4.78 is 26.1.